The summed E-state index contributed by atoms with van der Waals surface area (Å²) >= 11 is 0. The highest BCUT2D eigenvalue weighted by molar-refractivity contribution is 5.85. The highest BCUT2D eigenvalue weighted by atomic mass is 16.3. The molecule has 88 valence electrons. The summed E-state index contributed by atoms with van der Waals surface area (Å²) in [6, 6.07) is 8.99. The van der Waals surface area contributed by atoms with Gasteiger partial charge in [0.05, 0.1) is 6.10 Å². The number of hydrogen-bond acceptors (Lipinski definition) is 2. The van der Waals surface area contributed by atoms with Gasteiger partial charge < -0.3 is 15.4 Å². The molecule has 3 heteroatoms. The smallest absolute Gasteiger partial charge is 0.0748 e. The van der Waals surface area contributed by atoms with Gasteiger partial charge >= 0.3 is 0 Å². The number of aliphatic hydroxyl groups is 1. The molecule has 1 aliphatic heterocycles. The number of piperidine rings is 1. The molecule has 17 heavy (non-hydrogen) atoms. The van der Waals surface area contributed by atoms with E-state index in [0.29, 0.717) is 6.04 Å². The first kappa shape index (κ1) is 9.68. The molecule has 0 unspecified atom stereocenters. The van der Waals surface area contributed by atoms with Gasteiger partial charge in [-0.2, -0.15) is 0 Å². The van der Waals surface area contributed by atoms with Crippen molar-refractivity contribution in [2.75, 3.05) is 6.54 Å². The van der Waals surface area contributed by atoms with Crippen molar-refractivity contribution in [3.8, 4) is 0 Å². The predicted octanol–water partition coefficient (Wildman–Crippen LogP) is 1.53. The van der Waals surface area contributed by atoms with Gasteiger partial charge in [0, 0.05) is 35.1 Å². The number of nitrogens with one attached hydrogen (secondary N) is 2. The quantitative estimate of drug-likeness (QED) is 0.640. The van der Waals surface area contributed by atoms with E-state index in [9.17, 15) is 5.11 Å². The summed E-state index contributed by atoms with van der Waals surface area (Å²) in [6.45, 7) is 0.726. The van der Waals surface area contributed by atoms with Crippen LogP contribution in [0.1, 0.15) is 23.6 Å². The minimum atomic E-state index is -0.252. The van der Waals surface area contributed by atoms with Crippen LogP contribution in [-0.4, -0.2) is 28.8 Å². The second kappa shape index (κ2) is 3.34. The molecule has 0 spiro atoms. The van der Waals surface area contributed by atoms with Crippen LogP contribution in [0.2, 0.25) is 0 Å². The van der Waals surface area contributed by atoms with Crippen LogP contribution in [-0.2, 0) is 6.42 Å². The molecule has 1 aromatic carbocycles. The van der Waals surface area contributed by atoms with Crippen LogP contribution in [0.4, 0.5) is 0 Å². The number of aliphatic hydroxyl groups excluding tert-OH is 1. The summed E-state index contributed by atoms with van der Waals surface area (Å²) in [6.07, 6.45) is 1.89. The molecule has 0 saturated carbocycles. The number of rotatable bonds is 0. The third-order valence-corrected chi connectivity index (χ3v) is 4.29. The van der Waals surface area contributed by atoms with E-state index in [1.165, 1.54) is 22.2 Å². The first-order chi connectivity index (χ1) is 8.33. The van der Waals surface area contributed by atoms with Crippen LogP contribution in [0.5, 0.6) is 0 Å². The lowest BCUT2D eigenvalue weighted by Gasteiger charge is -2.38. The fourth-order valence-corrected chi connectivity index (χ4v) is 3.45. The minimum Gasteiger partial charge on any atom is -0.391 e. The number of H-pyrrole nitrogens is 1. The highest BCUT2D eigenvalue weighted by Crippen LogP contribution is 2.39. The number of β-amino-alcohol motifs (C(OH)–C–C–N with tert-alkyl or cyclic N) is 1. The molecule has 2 bridgehead atoms. The zero-order valence-corrected chi connectivity index (χ0v) is 9.61. The van der Waals surface area contributed by atoms with Gasteiger partial charge in [-0.1, -0.05) is 18.2 Å². The number of hydrogen-bond donors (Lipinski definition) is 3. The first-order valence-electron chi connectivity index (χ1n) is 6.34. The van der Waals surface area contributed by atoms with Gasteiger partial charge in [0.25, 0.3) is 0 Å². The lowest BCUT2D eigenvalue weighted by Crippen LogP contribution is -2.49. The van der Waals surface area contributed by atoms with Gasteiger partial charge in [-0.3, -0.25) is 0 Å². The monoisotopic (exact) mass is 228 g/mol. The molecule has 1 saturated heterocycles. The predicted molar refractivity (Wildman–Crippen MR) is 67.2 cm³/mol. The topological polar surface area (TPSA) is 48.0 Å². The van der Waals surface area contributed by atoms with Crippen molar-refractivity contribution in [1.82, 2.24) is 10.3 Å². The summed E-state index contributed by atoms with van der Waals surface area (Å²) in [4.78, 5) is 3.51. The number of benzene rings is 1. The molecule has 0 amide bonds. The molecular weight excluding hydrogens is 212 g/mol. The minimum absolute atomic E-state index is 0.252. The maximum absolute atomic E-state index is 10.1. The van der Waals surface area contributed by atoms with Crippen LogP contribution < -0.4 is 5.32 Å². The third-order valence-electron chi connectivity index (χ3n) is 4.29. The van der Waals surface area contributed by atoms with E-state index in [1.54, 1.807) is 0 Å². The Morgan fingerprint density at radius 3 is 3.06 bits per heavy atom. The Bertz CT molecular complexity index is 575. The van der Waals surface area contributed by atoms with Crippen LogP contribution in [0, 0.1) is 0 Å². The Hall–Kier alpha value is -1.32. The van der Waals surface area contributed by atoms with Gasteiger partial charge in [0.2, 0.25) is 0 Å². The lowest BCUT2D eigenvalue weighted by atomic mass is 9.78. The summed E-state index contributed by atoms with van der Waals surface area (Å²) in [5.41, 5.74) is 3.89. The van der Waals surface area contributed by atoms with Crippen LogP contribution >= 0.6 is 0 Å². The molecule has 0 radical (unpaired) electrons. The van der Waals surface area contributed by atoms with E-state index < -0.39 is 0 Å². The first-order valence-corrected chi connectivity index (χ1v) is 6.34. The number of aromatic amines is 1. The van der Waals surface area contributed by atoms with E-state index in [2.05, 4.69) is 34.6 Å². The Kier molecular flexibility index (Phi) is 1.90. The zero-order valence-electron chi connectivity index (χ0n) is 9.61. The fraction of sp³-hybridized carbons (Fsp3) is 0.429. The van der Waals surface area contributed by atoms with Crippen molar-refractivity contribution in [3.63, 3.8) is 0 Å². The molecule has 2 aromatic rings. The largest absolute Gasteiger partial charge is 0.391 e. The second-order valence-electron chi connectivity index (χ2n) is 5.28. The van der Waals surface area contributed by atoms with Gasteiger partial charge in [0.15, 0.2) is 0 Å². The average molecular weight is 228 g/mol. The molecule has 1 aromatic heterocycles. The second-order valence-corrected chi connectivity index (χ2v) is 5.28. The van der Waals surface area contributed by atoms with Crippen molar-refractivity contribution in [1.29, 1.82) is 0 Å². The molecule has 1 aliphatic carbocycles. The molecular formula is C14H16N2O. The Labute approximate surface area is 99.8 Å². The summed E-state index contributed by atoms with van der Waals surface area (Å²) < 4.78 is 0. The SMILES string of the molecule is O[C@H]1CN[C@H]2Cc3c([nH]c4ccccc34)[C@@H]1C2. The molecule has 3 nitrogen and oxygen atoms in total. The Morgan fingerprint density at radius 1 is 1.24 bits per heavy atom. The lowest BCUT2D eigenvalue weighted by molar-refractivity contribution is 0.0943. The van der Waals surface area contributed by atoms with Crippen LogP contribution in [0.3, 0.4) is 0 Å². The van der Waals surface area contributed by atoms with Gasteiger partial charge in [-0.15, -0.1) is 0 Å². The number of para-hydroxylation sites is 1. The molecule has 2 aliphatic rings. The zero-order chi connectivity index (χ0) is 11.4. The van der Waals surface area contributed by atoms with E-state index in [-0.39, 0.29) is 12.0 Å². The van der Waals surface area contributed by atoms with Crippen molar-refractivity contribution in [2.45, 2.75) is 30.9 Å². The number of fused-ring (bicyclic) bond motifs is 6. The van der Waals surface area contributed by atoms with E-state index in [0.717, 1.165) is 19.4 Å². The highest BCUT2D eigenvalue weighted by Gasteiger charge is 2.37. The van der Waals surface area contributed by atoms with E-state index in [1.807, 2.05) is 0 Å². The Morgan fingerprint density at radius 2 is 2.12 bits per heavy atom. The van der Waals surface area contributed by atoms with E-state index in [4.69, 9.17) is 0 Å². The van der Waals surface area contributed by atoms with Crippen LogP contribution in [0.25, 0.3) is 10.9 Å². The normalized spacial score (nSPS) is 31.5. The third kappa shape index (κ3) is 1.30. The van der Waals surface area contributed by atoms with E-state index >= 15 is 0 Å². The summed E-state index contributed by atoms with van der Waals surface area (Å²) in [5, 5.41) is 14.9. The Balaban J connectivity index is 1.96. The average Bonchev–Trinajstić information content (AvgIpc) is 2.73. The van der Waals surface area contributed by atoms with Gasteiger partial charge in [0.1, 0.15) is 0 Å². The standard InChI is InChI=1S/C14H16N2O/c17-13-7-15-8-5-10-9-3-1-2-4-12(9)16-14(10)11(13)6-8/h1-4,8,11,13,15-17H,5-7H2/t8-,11+,13-/m0/s1. The van der Waals surface area contributed by atoms with Crippen molar-refractivity contribution in [3.05, 3.63) is 35.5 Å². The molecule has 3 N–H and O–H groups in total. The van der Waals surface area contributed by atoms with Crippen molar-refractivity contribution < 1.29 is 5.11 Å². The van der Waals surface area contributed by atoms with Crippen LogP contribution in [0.15, 0.2) is 24.3 Å². The van der Waals surface area contributed by atoms with Gasteiger partial charge in [-0.25, -0.2) is 0 Å². The fourth-order valence-electron chi connectivity index (χ4n) is 3.45. The van der Waals surface area contributed by atoms with Gasteiger partial charge in [-0.05, 0) is 24.5 Å². The summed E-state index contributed by atoms with van der Waals surface area (Å²) in [7, 11) is 0. The molecule has 4 rings (SSSR count). The molecule has 1 fully saturated rings. The molecule has 2 heterocycles. The maximum Gasteiger partial charge on any atom is 0.0748 e. The van der Waals surface area contributed by atoms with Crippen molar-refractivity contribution in [2.24, 2.45) is 0 Å². The maximum atomic E-state index is 10.1. The number of aromatic nitrogens is 1. The molecule has 3 atom stereocenters. The summed E-state index contributed by atoms with van der Waals surface area (Å²) in [5.74, 6) is 0.289. The van der Waals surface area contributed by atoms with Crippen molar-refractivity contribution >= 4 is 10.9 Å².